The first kappa shape index (κ1) is 22.1. The van der Waals surface area contributed by atoms with Gasteiger partial charge in [-0.25, -0.2) is 9.59 Å². The Hall–Kier alpha value is -3.61. The Balaban J connectivity index is 1.86. The molecular weight excluding hydrogens is 394 g/mol. The number of nitrogens with one attached hydrogen (secondary N) is 2. The third-order valence-corrected chi connectivity index (χ3v) is 5.21. The Bertz CT molecular complexity index is 1040. The van der Waals surface area contributed by atoms with Crippen LogP contribution in [-0.4, -0.2) is 36.0 Å². The zero-order valence-corrected chi connectivity index (χ0v) is 18.4. The Kier molecular flexibility index (Phi) is 6.44. The molecule has 0 aliphatic carbocycles. The van der Waals surface area contributed by atoms with Crippen LogP contribution in [0.1, 0.15) is 48.3 Å². The Morgan fingerprint density at radius 1 is 1.06 bits per heavy atom. The van der Waals surface area contributed by atoms with Gasteiger partial charge < -0.3 is 20.3 Å². The number of anilines is 1. The molecule has 0 fully saturated rings. The number of carbonyl (C=O) groups is 3. The molecule has 7 nitrogen and oxygen atoms in total. The highest BCUT2D eigenvalue weighted by molar-refractivity contribution is 6.05. The van der Waals surface area contributed by atoms with Crippen molar-refractivity contribution in [1.82, 2.24) is 10.2 Å². The lowest BCUT2D eigenvalue weighted by atomic mass is 9.95. The van der Waals surface area contributed by atoms with E-state index in [1.54, 1.807) is 58.2 Å². The molecule has 0 aromatic heterocycles. The molecule has 2 aromatic rings. The number of urea groups is 1. The summed E-state index contributed by atoms with van der Waals surface area (Å²) in [4.78, 5) is 39.0. The molecule has 1 unspecified atom stereocenters. The molecule has 1 aliphatic heterocycles. The standard InChI is InChI=1S/C24H27N3O4/c1-14(2)31-23(29)20-16(4)27(5)24(30)26-21(20)17-10-12-18(13-11-17)25-22(28)19-9-7-6-8-15(19)3/h6-14,21H,1-5H3,(H,25,28)(H,26,30). The number of carbonyl (C=O) groups excluding carboxylic acids is 3. The number of ether oxygens (including phenoxy) is 1. The van der Waals surface area contributed by atoms with E-state index in [-0.39, 0.29) is 18.0 Å². The predicted molar refractivity (Wildman–Crippen MR) is 119 cm³/mol. The fourth-order valence-electron chi connectivity index (χ4n) is 3.41. The molecule has 0 bridgehead atoms. The molecule has 2 N–H and O–H groups in total. The summed E-state index contributed by atoms with van der Waals surface area (Å²) in [5.41, 5.74) is 3.74. The summed E-state index contributed by atoms with van der Waals surface area (Å²) in [6, 6.07) is 13.5. The smallest absolute Gasteiger partial charge is 0.338 e. The monoisotopic (exact) mass is 421 g/mol. The molecule has 3 rings (SSSR count). The molecule has 3 amide bonds. The molecule has 0 saturated heterocycles. The van der Waals surface area contributed by atoms with Crippen molar-refractivity contribution in [3.63, 3.8) is 0 Å². The lowest BCUT2D eigenvalue weighted by Gasteiger charge is -2.33. The van der Waals surface area contributed by atoms with Crippen molar-refractivity contribution in [2.45, 2.75) is 39.8 Å². The van der Waals surface area contributed by atoms with Crippen LogP contribution in [-0.2, 0) is 9.53 Å². The van der Waals surface area contributed by atoms with Crippen LogP contribution in [0.15, 0.2) is 59.8 Å². The lowest BCUT2D eigenvalue weighted by molar-refractivity contribution is -0.143. The van der Waals surface area contributed by atoms with Crippen molar-refractivity contribution in [3.05, 3.63) is 76.5 Å². The highest BCUT2D eigenvalue weighted by Crippen LogP contribution is 2.31. The highest BCUT2D eigenvalue weighted by atomic mass is 16.5. The molecule has 1 heterocycles. The number of aryl methyl sites for hydroxylation is 1. The van der Waals surface area contributed by atoms with E-state index in [1.807, 2.05) is 25.1 Å². The molecule has 0 radical (unpaired) electrons. The number of nitrogens with zero attached hydrogens (tertiary/aromatic N) is 1. The van der Waals surface area contributed by atoms with Crippen LogP contribution < -0.4 is 10.6 Å². The first-order valence-electron chi connectivity index (χ1n) is 10.1. The SMILES string of the molecule is CC1=C(C(=O)OC(C)C)C(c2ccc(NC(=O)c3ccccc3C)cc2)NC(=O)N1C. The van der Waals surface area contributed by atoms with Gasteiger partial charge >= 0.3 is 12.0 Å². The normalized spacial score (nSPS) is 16.3. The van der Waals surface area contributed by atoms with Crippen LogP contribution in [0.2, 0.25) is 0 Å². The van der Waals surface area contributed by atoms with Gasteiger partial charge in [0.05, 0.1) is 17.7 Å². The minimum atomic E-state index is -0.643. The summed E-state index contributed by atoms with van der Waals surface area (Å²) in [7, 11) is 1.60. The van der Waals surface area contributed by atoms with Crippen LogP contribution in [0.25, 0.3) is 0 Å². The van der Waals surface area contributed by atoms with Gasteiger partial charge in [0, 0.05) is 24.0 Å². The number of allylic oxidation sites excluding steroid dienone is 1. The van der Waals surface area contributed by atoms with Gasteiger partial charge in [0.1, 0.15) is 0 Å². The summed E-state index contributed by atoms with van der Waals surface area (Å²) in [5, 5.41) is 5.73. The predicted octanol–water partition coefficient (Wildman–Crippen LogP) is 4.17. The van der Waals surface area contributed by atoms with Gasteiger partial charge in [-0.1, -0.05) is 30.3 Å². The molecule has 0 spiro atoms. The molecular formula is C24H27N3O4. The number of esters is 1. The van der Waals surface area contributed by atoms with Crippen molar-refractivity contribution in [2.75, 3.05) is 12.4 Å². The fraction of sp³-hybridized carbons (Fsp3) is 0.292. The number of rotatable bonds is 5. The van der Waals surface area contributed by atoms with Crippen LogP contribution in [0, 0.1) is 6.92 Å². The second kappa shape index (κ2) is 9.04. The molecule has 162 valence electrons. The Morgan fingerprint density at radius 3 is 2.32 bits per heavy atom. The number of amides is 3. The summed E-state index contributed by atoms with van der Waals surface area (Å²) >= 11 is 0. The van der Waals surface area contributed by atoms with Crippen molar-refractivity contribution in [2.24, 2.45) is 0 Å². The minimum Gasteiger partial charge on any atom is -0.459 e. The summed E-state index contributed by atoms with van der Waals surface area (Å²) in [6.45, 7) is 7.16. The molecule has 1 aliphatic rings. The first-order valence-corrected chi connectivity index (χ1v) is 10.1. The van der Waals surface area contributed by atoms with Gasteiger partial charge in [-0.05, 0) is 57.0 Å². The zero-order chi connectivity index (χ0) is 22.7. The quantitative estimate of drug-likeness (QED) is 0.710. The number of hydrogen-bond donors (Lipinski definition) is 2. The third kappa shape index (κ3) is 4.77. The largest absolute Gasteiger partial charge is 0.459 e. The van der Waals surface area contributed by atoms with E-state index in [2.05, 4.69) is 10.6 Å². The van der Waals surface area contributed by atoms with Crippen molar-refractivity contribution < 1.29 is 19.1 Å². The maximum atomic E-state index is 12.7. The Labute approximate surface area is 182 Å². The lowest BCUT2D eigenvalue weighted by Crippen LogP contribution is -2.46. The van der Waals surface area contributed by atoms with Crippen LogP contribution in [0.5, 0.6) is 0 Å². The fourth-order valence-corrected chi connectivity index (χ4v) is 3.41. The summed E-state index contributed by atoms with van der Waals surface area (Å²) < 4.78 is 5.40. The second-order valence-corrected chi connectivity index (χ2v) is 7.79. The van der Waals surface area contributed by atoms with Crippen molar-refractivity contribution in [1.29, 1.82) is 0 Å². The average molecular weight is 421 g/mol. The summed E-state index contributed by atoms with van der Waals surface area (Å²) in [5.74, 6) is -0.670. The van der Waals surface area contributed by atoms with Crippen LogP contribution in [0.4, 0.5) is 10.5 Å². The maximum Gasteiger partial charge on any atom is 0.338 e. The van der Waals surface area contributed by atoms with E-state index in [4.69, 9.17) is 4.74 Å². The number of benzene rings is 2. The van der Waals surface area contributed by atoms with Gasteiger partial charge in [0.2, 0.25) is 0 Å². The van der Waals surface area contributed by atoms with E-state index in [1.165, 1.54) is 4.90 Å². The highest BCUT2D eigenvalue weighted by Gasteiger charge is 2.35. The third-order valence-electron chi connectivity index (χ3n) is 5.21. The van der Waals surface area contributed by atoms with E-state index in [0.717, 1.165) is 5.56 Å². The van der Waals surface area contributed by atoms with Gasteiger partial charge in [0.25, 0.3) is 5.91 Å². The van der Waals surface area contributed by atoms with E-state index in [0.29, 0.717) is 28.1 Å². The molecule has 1 atom stereocenters. The second-order valence-electron chi connectivity index (χ2n) is 7.79. The van der Waals surface area contributed by atoms with E-state index >= 15 is 0 Å². The average Bonchev–Trinajstić information content (AvgIpc) is 2.72. The number of hydrogen-bond acceptors (Lipinski definition) is 4. The first-order chi connectivity index (χ1) is 14.7. The molecule has 31 heavy (non-hydrogen) atoms. The van der Waals surface area contributed by atoms with Gasteiger partial charge in [-0.3, -0.25) is 4.79 Å². The van der Waals surface area contributed by atoms with Gasteiger partial charge in [-0.2, -0.15) is 0 Å². The molecule has 7 heteroatoms. The van der Waals surface area contributed by atoms with Crippen LogP contribution in [0.3, 0.4) is 0 Å². The van der Waals surface area contributed by atoms with Gasteiger partial charge in [-0.15, -0.1) is 0 Å². The maximum absolute atomic E-state index is 12.7. The zero-order valence-electron chi connectivity index (χ0n) is 18.4. The molecule has 2 aromatic carbocycles. The van der Waals surface area contributed by atoms with Crippen molar-refractivity contribution >= 4 is 23.6 Å². The minimum absolute atomic E-state index is 0.199. The Morgan fingerprint density at radius 2 is 1.71 bits per heavy atom. The molecule has 0 saturated carbocycles. The van der Waals surface area contributed by atoms with Crippen molar-refractivity contribution in [3.8, 4) is 0 Å². The van der Waals surface area contributed by atoms with E-state index < -0.39 is 12.0 Å². The summed E-state index contributed by atoms with van der Waals surface area (Å²) in [6.07, 6.45) is -0.282. The van der Waals surface area contributed by atoms with E-state index in [9.17, 15) is 14.4 Å². The van der Waals surface area contributed by atoms with Crippen LogP contribution >= 0.6 is 0 Å². The van der Waals surface area contributed by atoms with Gasteiger partial charge in [0.15, 0.2) is 0 Å². The topological polar surface area (TPSA) is 87.7 Å².